The van der Waals surface area contributed by atoms with Crippen molar-refractivity contribution < 1.29 is 14.6 Å². The van der Waals surface area contributed by atoms with Crippen molar-refractivity contribution in [3.8, 4) is 17.1 Å². The van der Waals surface area contributed by atoms with E-state index in [1.54, 1.807) is 19.5 Å². The number of aromatic nitrogens is 3. The van der Waals surface area contributed by atoms with Crippen molar-refractivity contribution in [2.75, 3.05) is 12.4 Å². The fourth-order valence-electron chi connectivity index (χ4n) is 3.29. The zero-order valence-electron chi connectivity index (χ0n) is 14.6. The molecule has 1 aliphatic rings. The number of aliphatic hydroxyl groups excluding tert-OH is 1. The van der Waals surface area contributed by atoms with Crippen LogP contribution < -0.4 is 10.1 Å². The zero-order valence-corrected chi connectivity index (χ0v) is 14.6. The highest BCUT2D eigenvalue weighted by atomic mass is 16.5. The van der Waals surface area contributed by atoms with Crippen LogP contribution in [0.15, 0.2) is 36.7 Å². The van der Waals surface area contributed by atoms with E-state index >= 15 is 0 Å². The van der Waals surface area contributed by atoms with Crippen molar-refractivity contribution in [1.29, 1.82) is 0 Å². The van der Waals surface area contributed by atoms with Crippen LogP contribution in [0.2, 0.25) is 0 Å². The fraction of sp³-hybridized carbons (Fsp3) is 0.316. The maximum Gasteiger partial charge on any atom is 0.228 e. The summed E-state index contributed by atoms with van der Waals surface area (Å²) in [6.07, 6.45) is 4.15. The molecule has 0 atom stereocenters. The van der Waals surface area contributed by atoms with Crippen LogP contribution in [0.25, 0.3) is 22.2 Å². The summed E-state index contributed by atoms with van der Waals surface area (Å²) in [4.78, 5) is 20.7. The van der Waals surface area contributed by atoms with Crippen LogP contribution in [0, 0.1) is 5.92 Å². The van der Waals surface area contributed by atoms with Crippen LogP contribution in [0.1, 0.15) is 12.8 Å². The van der Waals surface area contributed by atoms with Crippen molar-refractivity contribution in [2.45, 2.75) is 18.9 Å². The molecular weight excluding hydrogens is 332 g/mol. The Morgan fingerprint density at radius 1 is 1.31 bits per heavy atom. The predicted octanol–water partition coefficient (Wildman–Crippen LogP) is 2.35. The second-order valence-corrected chi connectivity index (χ2v) is 6.62. The van der Waals surface area contributed by atoms with Gasteiger partial charge in [0.05, 0.1) is 18.7 Å². The van der Waals surface area contributed by atoms with E-state index in [0.717, 1.165) is 22.2 Å². The Labute approximate surface area is 150 Å². The third-order valence-corrected chi connectivity index (χ3v) is 4.90. The summed E-state index contributed by atoms with van der Waals surface area (Å²) in [5.41, 5.74) is 2.97. The summed E-state index contributed by atoms with van der Waals surface area (Å²) in [5.74, 6) is 0.858. The largest absolute Gasteiger partial charge is 0.481 e. The van der Waals surface area contributed by atoms with Gasteiger partial charge in [-0.15, -0.1) is 0 Å². The maximum absolute atomic E-state index is 12.2. The Morgan fingerprint density at radius 2 is 2.12 bits per heavy atom. The Morgan fingerprint density at radius 3 is 2.85 bits per heavy atom. The smallest absolute Gasteiger partial charge is 0.228 e. The van der Waals surface area contributed by atoms with Gasteiger partial charge in [-0.25, -0.2) is 9.97 Å². The Kier molecular flexibility index (Phi) is 4.08. The standard InChI is InChI=1S/C19H20N4O3/c1-23-15(11-3-4-20-18(8-11)26-2)7-13-10-21-17(9-16(13)23)22-19(25)12-5-14(24)6-12/h3-4,7-10,12,14,24H,5-6H2,1-2H3,(H,21,22,25)/t12-,14+. The molecule has 1 aliphatic carbocycles. The second-order valence-electron chi connectivity index (χ2n) is 6.62. The molecule has 26 heavy (non-hydrogen) atoms. The zero-order chi connectivity index (χ0) is 18.3. The first kappa shape index (κ1) is 16.5. The molecule has 0 aromatic carbocycles. The third-order valence-electron chi connectivity index (χ3n) is 4.90. The number of nitrogens with one attached hydrogen (secondary N) is 1. The number of amides is 1. The number of pyridine rings is 2. The van der Waals surface area contributed by atoms with Crippen LogP contribution in [0.4, 0.5) is 5.82 Å². The number of methoxy groups -OCH3 is 1. The summed E-state index contributed by atoms with van der Waals surface area (Å²) in [6, 6.07) is 7.72. The predicted molar refractivity (Wildman–Crippen MR) is 97.9 cm³/mol. The lowest BCUT2D eigenvalue weighted by Crippen LogP contribution is -2.37. The minimum atomic E-state index is -0.353. The Bertz CT molecular complexity index is 976. The van der Waals surface area contributed by atoms with Gasteiger partial charge in [-0.05, 0) is 25.0 Å². The lowest BCUT2D eigenvalue weighted by Gasteiger charge is -2.29. The van der Waals surface area contributed by atoms with E-state index in [0.29, 0.717) is 24.5 Å². The fourth-order valence-corrected chi connectivity index (χ4v) is 3.29. The average Bonchev–Trinajstić information content (AvgIpc) is 2.95. The van der Waals surface area contributed by atoms with Crippen molar-refractivity contribution in [3.05, 3.63) is 36.7 Å². The molecule has 0 spiro atoms. The summed E-state index contributed by atoms with van der Waals surface area (Å²) in [7, 11) is 3.56. The molecule has 3 aromatic rings. The lowest BCUT2D eigenvalue weighted by atomic mass is 9.82. The van der Waals surface area contributed by atoms with Crippen molar-refractivity contribution in [2.24, 2.45) is 13.0 Å². The van der Waals surface area contributed by atoms with E-state index in [4.69, 9.17) is 4.74 Å². The highest BCUT2D eigenvalue weighted by Crippen LogP contribution is 2.31. The van der Waals surface area contributed by atoms with Gasteiger partial charge in [0.15, 0.2) is 0 Å². The molecule has 1 saturated carbocycles. The molecule has 0 saturated heterocycles. The molecule has 3 heterocycles. The first-order valence-corrected chi connectivity index (χ1v) is 8.50. The molecule has 134 valence electrons. The van der Waals surface area contributed by atoms with Crippen molar-refractivity contribution in [1.82, 2.24) is 14.5 Å². The van der Waals surface area contributed by atoms with Gasteiger partial charge >= 0.3 is 0 Å². The van der Waals surface area contributed by atoms with Gasteiger partial charge in [0.1, 0.15) is 5.82 Å². The Balaban J connectivity index is 1.64. The highest BCUT2D eigenvalue weighted by Gasteiger charge is 2.33. The molecule has 2 N–H and O–H groups in total. The normalized spacial score (nSPS) is 19.2. The number of ether oxygens (including phenoxy) is 1. The molecule has 1 amide bonds. The van der Waals surface area contributed by atoms with Crippen LogP contribution in [-0.4, -0.2) is 38.8 Å². The van der Waals surface area contributed by atoms with E-state index in [1.165, 1.54) is 0 Å². The molecule has 3 aromatic heterocycles. The summed E-state index contributed by atoms with van der Waals surface area (Å²) >= 11 is 0. The SMILES string of the molecule is COc1cc(-c2cc3cnc(NC(=O)[C@H]4C[C@@H](O)C4)cc3n2C)ccn1. The number of hydrogen-bond donors (Lipinski definition) is 2. The summed E-state index contributed by atoms with van der Waals surface area (Å²) < 4.78 is 7.25. The average molecular weight is 352 g/mol. The van der Waals surface area contributed by atoms with Crippen molar-refractivity contribution in [3.63, 3.8) is 0 Å². The number of aryl methyl sites for hydroxylation is 1. The molecule has 0 aliphatic heterocycles. The summed E-state index contributed by atoms with van der Waals surface area (Å²) in [5, 5.41) is 13.2. The number of carbonyl (C=O) groups excluding carboxylic acids is 1. The van der Waals surface area contributed by atoms with E-state index < -0.39 is 0 Å². The third kappa shape index (κ3) is 2.90. The molecular formula is C19H20N4O3. The monoisotopic (exact) mass is 352 g/mol. The van der Waals surface area contributed by atoms with Gasteiger partial charge < -0.3 is 19.7 Å². The van der Waals surface area contributed by atoms with Gasteiger partial charge in [-0.3, -0.25) is 4.79 Å². The molecule has 0 bridgehead atoms. The topological polar surface area (TPSA) is 89.3 Å². The van der Waals surface area contributed by atoms with E-state index in [1.807, 2.05) is 31.3 Å². The molecule has 4 rings (SSSR count). The van der Waals surface area contributed by atoms with E-state index in [9.17, 15) is 9.90 Å². The number of hydrogen-bond acceptors (Lipinski definition) is 5. The molecule has 1 fully saturated rings. The van der Waals surface area contributed by atoms with Gasteiger partial charge in [-0.2, -0.15) is 0 Å². The summed E-state index contributed by atoms with van der Waals surface area (Å²) in [6.45, 7) is 0. The van der Waals surface area contributed by atoms with Gasteiger partial charge in [0, 0.05) is 54.1 Å². The van der Waals surface area contributed by atoms with E-state index in [-0.39, 0.29) is 17.9 Å². The minimum Gasteiger partial charge on any atom is -0.481 e. The van der Waals surface area contributed by atoms with Crippen LogP contribution >= 0.6 is 0 Å². The first-order valence-electron chi connectivity index (χ1n) is 8.50. The number of nitrogens with zero attached hydrogens (tertiary/aromatic N) is 3. The van der Waals surface area contributed by atoms with Crippen LogP contribution in [0.5, 0.6) is 5.88 Å². The number of anilines is 1. The first-order chi connectivity index (χ1) is 12.5. The number of rotatable bonds is 4. The minimum absolute atomic E-state index is 0.0875. The number of carbonyl (C=O) groups is 1. The van der Waals surface area contributed by atoms with Gasteiger partial charge in [0.25, 0.3) is 0 Å². The molecule has 0 radical (unpaired) electrons. The molecule has 7 nitrogen and oxygen atoms in total. The van der Waals surface area contributed by atoms with Crippen LogP contribution in [0.3, 0.4) is 0 Å². The molecule has 7 heteroatoms. The highest BCUT2D eigenvalue weighted by molar-refractivity contribution is 5.95. The van der Waals surface area contributed by atoms with Crippen molar-refractivity contribution >= 4 is 22.6 Å². The van der Waals surface area contributed by atoms with Gasteiger partial charge in [-0.1, -0.05) is 0 Å². The second kappa shape index (κ2) is 6.42. The Hall–Kier alpha value is -2.93. The van der Waals surface area contributed by atoms with E-state index in [2.05, 4.69) is 19.9 Å². The lowest BCUT2D eigenvalue weighted by molar-refractivity contribution is -0.126. The van der Waals surface area contributed by atoms with Crippen LogP contribution in [-0.2, 0) is 11.8 Å². The maximum atomic E-state index is 12.2. The number of aliphatic hydroxyl groups is 1. The molecule has 0 unspecified atom stereocenters. The number of fused-ring (bicyclic) bond motifs is 1. The quantitative estimate of drug-likeness (QED) is 0.752. The van der Waals surface area contributed by atoms with Gasteiger partial charge in [0.2, 0.25) is 11.8 Å².